The van der Waals surface area contributed by atoms with Gasteiger partial charge >= 0.3 is 0 Å². The van der Waals surface area contributed by atoms with Crippen molar-refractivity contribution in [2.24, 2.45) is 5.41 Å². The number of rotatable bonds is 8. The summed E-state index contributed by atoms with van der Waals surface area (Å²) in [5.74, 6) is -2.61. The molecule has 2 aromatic rings. The van der Waals surface area contributed by atoms with Crippen molar-refractivity contribution in [2.75, 3.05) is 40.4 Å². The number of hydrogen-bond donors (Lipinski definition) is 3. The minimum absolute atomic E-state index is 0.0618. The highest BCUT2D eigenvalue weighted by Gasteiger charge is 2.47. The van der Waals surface area contributed by atoms with Crippen LogP contribution in [0.4, 0.5) is 25.8 Å². The zero-order chi connectivity index (χ0) is 24.6. The van der Waals surface area contributed by atoms with Crippen LogP contribution in [0.2, 0.25) is 0 Å². The molecule has 1 saturated heterocycles. The van der Waals surface area contributed by atoms with E-state index in [0.717, 1.165) is 37.3 Å². The number of piperidine rings is 1. The SMILES string of the molecule is O=C(Nc1cccn(C2CC(F)(F)C2)c1=O)c1ccc(NSCCO)cc1N1CCC2(CC1)CC2. The minimum atomic E-state index is -2.74. The number of hydrogen-bond acceptors (Lipinski definition) is 6. The molecule has 10 heteroatoms. The van der Waals surface area contributed by atoms with Crippen molar-refractivity contribution in [1.82, 2.24) is 4.57 Å². The molecule has 3 fully saturated rings. The van der Waals surface area contributed by atoms with Crippen LogP contribution in [0.5, 0.6) is 0 Å². The number of pyridine rings is 1. The van der Waals surface area contributed by atoms with Gasteiger partial charge in [-0.25, -0.2) is 8.78 Å². The van der Waals surface area contributed by atoms with Gasteiger partial charge in [-0.2, -0.15) is 0 Å². The third kappa shape index (κ3) is 5.18. The van der Waals surface area contributed by atoms with Gasteiger partial charge in [0.1, 0.15) is 5.69 Å². The third-order valence-electron chi connectivity index (χ3n) is 7.43. The summed E-state index contributed by atoms with van der Waals surface area (Å²) >= 11 is 1.39. The fourth-order valence-electron chi connectivity index (χ4n) is 5.04. The molecule has 1 spiro atoms. The molecule has 1 aromatic heterocycles. The smallest absolute Gasteiger partial charge is 0.274 e. The highest BCUT2D eigenvalue weighted by Crippen LogP contribution is 2.54. The van der Waals surface area contributed by atoms with E-state index < -0.39 is 23.4 Å². The van der Waals surface area contributed by atoms with Gasteiger partial charge in [-0.1, -0.05) is 11.9 Å². The van der Waals surface area contributed by atoms with Crippen LogP contribution in [0.3, 0.4) is 0 Å². The van der Waals surface area contributed by atoms with Gasteiger partial charge in [0.05, 0.1) is 17.9 Å². The molecule has 2 heterocycles. The third-order valence-corrected chi connectivity index (χ3v) is 8.20. The van der Waals surface area contributed by atoms with Crippen LogP contribution in [0.1, 0.15) is 54.9 Å². The molecule has 2 saturated carbocycles. The fraction of sp³-hybridized carbons (Fsp3) is 0.520. The Kier molecular flexibility index (Phi) is 6.52. The van der Waals surface area contributed by atoms with E-state index in [1.165, 1.54) is 41.6 Å². The lowest BCUT2D eigenvalue weighted by atomic mass is 9.88. The first-order valence-electron chi connectivity index (χ1n) is 12.1. The van der Waals surface area contributed by atoms with Crippen LogP contribution in [-0.2, 0) is 0 Å². The van der Waals surface area contributed by atoms with Gasteiger partial charge < -0.3 is 24.6 Å². The number of nitrogens with zero attached hydrogens (tertiary/aromatic N) is 2. The van der Waals surface area contributed by atoms with E-state index in [1.54, 1.807) is 18.2 Å². The van der Waals surface area contributed by atoms with Gasteiger partial charge in [-0.15, -0.1) is 0 Å². The minimum Gasteiger partial charge on any atom is -0.395 e. The summed E-state index contributed by atoms with van der Waals surface area (Å²) in [6.07, 6.45) is 5.51. The Bertz CT molecular complexity index is 1150. The zero-order valence-electron chi connectivity index (χ0n) is 19.4. The molecule has 0 unspecified atom stereocenters. The molecule has 1 aliphatic heterocycles. The molecule has 3 N–H and O–H groups in total. The number of amides is 1. The molecule has 1 amide bonds. The van der Waals surface area contributed by atoms with Crippen molar-refractivity contribution >= 4 is 34.9 Å². The summed E-state index contributed by atoms with van der Waals surface area (Å²) in [5, 5.41) is 11.8. The normalized spacial score (nSPS) is 20.4. The van der Waals surface area contributed by atoms with Crippen molar-refractivity contribution < 1.29 is 18.7 Å². The molecule has 0 bridgehead atoms. The number of nitrogens with one attached hydrogen (secondary N) is 2. The predicted molar refractivity (Wildman–Crippen MR) is 135 cm³/mol. The first kappa shape index (κ1) is 24.1. The van der Waals surface area contributed by atoms with Gasteiger partial charge in [0, 0.05) is 49.6 Å². The number of aliphatic hydroxyl groups excluding tert-OH is 1. The summed E-state index contributed by atoms with van der Waals surface area (Å²) in [6, 6.07) is 8.02. The van der Waals surface area contributed by atoms with Crippen LogP contribution in [0.25, 0.3) is 0 Å². The van der Waals surface area contributed by atoms with E-state index in [4.69, 9.17) is 5.11 Å². The van der Waals surface area contributed by atoms with Gasteiger partial charge in [0.2, 0.25) is 0 Å². The highest BCUT2D eigenvalue weighted by atomic mass is 32.2. The second kappa shape index (κ2) is 9.46. The van der Waals surface area contributed by atoms with Gasteiger partial charge in [-0.3, -0.25) is 9.59 Å². The highest BCUT2D eigenvalue weighted by molar-refractivity contribution is 8.00. The lowest BCUT2D eigenvalue weighted by Gasteiger charge is -2.36. The molecule has 1 aromatic carbocycles. The second-order valence-electron chi connectivity index (χ2n) is 9.90. The topological polar surface area (TPSA) is 86.6 Å². The Morgan fingerprint density at radius 2 is 1.89 bits per heavy atom. The molecule has 5 rings (SSSR count). The number of carbonyl (C=O) groups excluding carboxylic acids is 1. The maximum Gasteiger partial charge on any atom is 0.274 e. The maximum atomic E-state index is 13.3. The molecule has 2 aliphatic carbocycles. The lowest BCUT2D eigenvalue weighted by Crippen LogP contribution is -2.41. The number of anilines is 3. The van der Waals surface area contributed by atoms with E-state index >= 15 is 0 Å². The molecule has 7 nitrogen and oxygen atoms in total. The quantitative estimate of drug-likeness (QED) is 0.363. The molecule has 35 heavy (non-hydrogen) atoms. The molecule has 3 aliphatic rings. The van der Waals surface area contributed by atoms with Gasteiger partial charge in [0.25, 0.3) is 17.4 Å². The predicted octanol–water partition coefficient (Wildman–Crippen LogP) is 4.50. The van der Waals surface area contributed by atoms with E-state index in [9.17, 15) is 18.4 Å². The van der Waals surface area contributed by atoms with Crippen LogP contribution >= 0.6 is 11.9 Å². The molecule has 188 valence electrons. The number of carbonyl (C=O) groups is 1. The van der Waals surface area contributed by atoms with Crippen LogP contribution in [0, 0.1) is 5.41 Å². The molecule has 0 atom stereocenters. The second-order valence-corrected chi connectivity index (χ2v) is 10.8. The van der Waals surface area contributed by atoms with E-state index in [0.29, 0.717) is 16.7 Å². The number of alkyl halides is 2. The Morgan fingerprint density at radius 1 is 1.14 bits per heavy atom. The molecular formula is C25H30F2N4O3S. The summed E-state index contributed by atoms with van der Waals surface area (Å²) in [4.78, 5) is 28.5. The Hall–Kier alpha value is -2.59. The van der Waals surface area contributed by atoms with Gasteiger partial charge in [0.15, 0.2) is 0 Å². The standard InChI is InChI=1S/C25H30F2N4O3S/c26-25(27)15-18(16-25)31-9-1-2-20(23(31)34)28-22(33)19-4-3-17(29-35-13-12-32)14-21(19)30-10-7-24(5-6-24)8-11-30/h1-4,9,14,18,29,32H,5-8,10-13,15-16H2,(H,28,33). The van der Waals surface area contributed by atoms with Crippen molar-refractivity contribution in [2.45, 2.75) is 50.5 Å². The summed E-state index contributed by atoms with van der Waals surface area (Å²) in [6.45, 7) is 1.79. The Labute approximate surface area is 207 Å². The van der Waals surface area contributed by atoms with Crippen molar-refractivity contribution in [1.29, 1.82) is 0 Å². The number of aromatic nitrogens is 1. The Morgan fingerprint density at radius 3 is 2.54 bits per heavy atom. The maximum absolute atomic E-state index is 13.3. The van der Waals surface area contributed by atoms with E-state index in [-0.39, 0.29) is 25.1 Å². The first-order chi connectivity index (χ1) is 16.8. The zero-order valence-corrected chi connectivity index (χ0v) is 20.3. The van der Waals surface area contributed by atoms with Crippen LogP contribution in [-0.4, -0.2) is 47.0 Å². The monoisotopic (exact) mass is 504 g/mol. The van der Waals surface area contributed by atoms with Crippen molar-refractivity contribution in [3.05, 3.63) is 52.4 Å². The summed E-state index contributed by atoms with van der Waals surface area (Å²) < 4.78 is 31.2. The van der Waals surface area contributed by atoms with Crippen LogP contribution < -0.4 is 20.5 Å². The lowest BCUT2D eigenvalue weighted by molar-refractivity contribution is -0.104. The number of halogens is 2. The first-order valence-corrected chi connectivity index (χ1v) is 13.1. The average molecular weight is 505 g/mol. The fourth-order valence-corrected chi connectivity index (χ4v) is 5.52. The largest absolute Gasteiger partial charge is 0.395 e. The van der Waals surface area contributed by atoms with Crippen LogP contribution in [0.15, 0.2) is 41.3 Å². The van der Waals surface area contributed by atoms with Crippen molar-refractivity contribution in [3.8, 4) is 0 Å². The van der Waals surface area contributed by atoms with Crippen molar-refractivity contribution in [3.63, 3.8) is 0 Å². The average Bonchev–Trinajstić information content (AvgIpc) is 3.58. The number of aliphatic hydroxyl groups is 1. The van der Waals surface area contributed by atoms with E-state index in [2.05, 4.69) is 14.9 Å². The summed E-state index contributed by atoms with van der Waals surface area (Å²) in [5.41, 5.74) is 2.17. The number of benzene rings is 1. The summed E-state index contributed by atoms with van der Waals surface area (Å²) in [7, 11) is 0. The van der Waals surface area contributed by atoms with Gasteiger partial charge in [-0.05, 0) is 61.4 Å². The molecular weight excluding hydrogens is 474 g/mol. The van der Waals surface area contributed by atoms with E-state index in [1.807, 2.05) is 6.07 Å². The molecule has 0 radical (unpaired) electrons. The Balaban J connectivity index is 1.37.